The third-order valence-corrected chi connectivity index (χ3v) is 5.78. The molecule has 0 radical (unpaired) electrons. The first-order chi connectivity index (χ1) is 15.1. The van der Waals surface area contributed by atoms with Gasteiger partial charge in [-0.15, -0.1) is 0 Å². The van der Waals surface area contributed by atoms with E-state index in [2.05, 4.69) is 4.98 Å². The second-order valence-corrected chi connectivity index (χ2v) is 10.0. The molecule has 0 fully saturated rings. The number of hydrogen-bond donors (Lipinski definition) is 0. The molecule has 1 heterocycles. The molecule has 1 aromatic heterocycles. The largest absolute Gasteiger partial charge is 0.489 e. The van der Waals surface area contributed by atoms with Gasteiger partial charge in [0.05, 0.1) is 16.7 Å². The number of nitriles is 1. The number of benzene rings is 2. The Morgan fingerprint density at radius 2 is 1.75 bits per heavy atom. The van der Waals surface area contributed by atoms with Gasteiger partial charge in [-0.2, -0.15) is 5.26 Å². The number of sulfone groups is 1. The Kier molecular flexibility index (Phi) is 6.65. The Morgan fingerprint density at radius 1 is 1.09 bits per heavy atom. The summed E-state index contributed by atoms with van der Waals surface area (Å²) in [7, 11) is -3.58. The molecule has 0 aliphatic carbocycles. The first-order valence-corrected chi connectivity index (χ1v) is 11.4. The normalized spacial score (nSPS) is 11.6. The van der Waals surface area contributed by atoms with E-state index in [-0.39, 0.29) is 11.5 Å². The van der Waals surface area contributed by atoms with Gasteiger partial charge in [-0.3, -0.25) is 0 Å². The highest BCUT2D eigenvalue weighted by Crippen LogP contribution is 2.22. The van der Waals surface area contributed by atoms with Gasteiger partial charge in [-0.1, -0.05) is 12.1 Å². The highest BCUT2D eigenvalue weighted by molar-refractivity contribution is 7.91. The zero-order chi connectivity index (χ0) is 23.4. The molecule has 9 heteroatoms. The van der Waals surface area contributed by atoms with E-state index in [0.29, 0.717) is 11.4 Å². The number of hydrogen-bond acceptors (Lipinski definition) is 7. The molecular weight excluding hydrogens is 430 g/mol. The van der Waals surface area contributed by atoms with Crippen molar-refractivity contribution in [2.45, 2.75) is 37.9 Å². The Labute approximate surface area is 187 Å². The van der Waals surface area contributed by atoms with Gasteiger partial charge in [0.1, 0.15) is 30.0 Å². The van der Waals surface area contributed by atoms with Gasteiger partial charge in [0, 0.05) is 11.8 Å². The van der Waals surface area contributed by atoms with Crippen molar-refractivity contribution in [2.75, 3.05) is 5.75 Å². The summed E-state index contributed by atoms with van der Waals surface area (Å²) in [5.74, 6) is 0.0760. The van der Waals surface area contributed by atoms with E-state index in [1.807, 2.05) is 12.1 Å². The van der Waals surface area contributed by atoms with Crippen molar-refractivity contribution < 1.29 is 22.7 Å². The monoisotopic (exact) mass is 453 g/mol. The van der Waals surface area contributed by atoms with Gasteiger partial charge in [0.25, 0.3) is 0 Å². The average Bonchev–Trinajstić information content (AvgIpc) is 3.22. The summed E-state index contributed by atoms with van der Waals surface area (Å²) in [6.07, 6.45) is 2.52. The molecule has 0 N–H and O–H groups in total. The molecule has 0 atom stereocenters. The second-order valence-electron chi connectivity index (χ2n) is 8.02. The SMILES string of the molecule is CC(C)(C)OC(=O)n1cnc(-c2ccc(OCc3ccc(S(=O)(=O)CC#N)cc3)cc2)c1. The van der Waals surface area contributed by atoms with Crippen LogP contribution in [0.15, 0.2) is 66.0 Å². The molecule has 0 aliphatic rings. The van der Waals surface area contributed by atoms with Crippen LogP contribution < -0.4 is 4.74 Å². The summed E-state index contributed by atoms with van der Waals surface area (Å²) >= 11 is 0. The van der Waals surface area contributed by atoms with Crippen molar-refractivity contribution in [3.8, 4) is 23.1 Å². The molecule has 8 nitrogen and oxygen atoms in total. The van der Waals surface area contributed by atoms with Crippen LogP contribution in [0.3, 0.4) is 0 Å². The standard InChI is InChI=1S/C23H23N3O5S/c1-23(2,3)31-22(27)26-14-21(25-16-26)18-6-8-19(9-7-18)30-15-17-4-10-20(11-5-17)32(28,29)13-12-24/h4-11,14,16H,13,15H2,1-3H3. The predicted octanol–water partition coefficient (Wildman–Crippen LogP) is 4.21. The molecule has 0 saturated heterocycles. The van der Waals surface area contributed by atoms with Crippen LogP contribution in [-0.4, -0.2) is 35.4 Å². The fraction of sp³-hybridized carbons (Fsp3) is 0.261. The van der Waals surface area contributed by atoms with Gasteiger partial charge in [0.15, 0.2) is 9.84 Å². The van der Waals surface area contributed by atoms with E-state index in [0.717, 1.165) is 11.1 Å². The van der Waals surface area contributed by atoms with Crippen LogP contribution in [0, 0.1) is 11.3 Å². The van der Waals surface area contributed by atoms with Crippen molar-refractivity contribution in [1.29, 1.82) is 5.26 Å². The number of ether oxygens (including phenoxy) is 2. The van der Waals surface area contributed by atoms with Crippen LogP contribution in [0.2, 0.25) is 0 Å². The maximum absolute atomic E-state index is 12.1. The van der Waals surface area contributed by atoms with E-state index in [4.69, 9.17) is 14.7 Å². The van der Waals surface area contributed by atoms with Gasteiger partial charge in [-0.05, 0) is 62.7 Å². The van der Waals surface area contributed by atoms with Crippen LogP contribution in [0.5, 0.6) is 5.75 Å². The zero-order valence-electron chi connectivity index (χ0n) is 18.0. The zero-order valence-corrected chi connectivity index (χ0v) is 18.8. The number of carbonyl (C=O) groups excluding carboxylic acids is 1. The molecule has 0 spiro atoms. The predicted molar refractivity (Wildman–Crippen MR) is 118 cm³/mol. The Balaban J connectivity index is 1.61. The van der Waals surface area contributed by atoms with Crippen LogP contribution in [0.4, 0.5) is 4.79 Å². The summed E-state index contributed by atoms with van der Waals surface area (Å²) in [6.45, 7) is 5.65. The molecule has 0 aliphatic heterocycles. The molecule has 0 saturated carbocycles. The van der Waals surface area contributed by atoms with E-state index in [1.165, 1.54) is 23.0 Å². The second kappa shape index (κ2) is 9.24. The Bertz CT molecular complexity index is 1230. The molecule has 32 heavy (non-hydrogen) atoms. The highest BCUT2D eigenvalue weighted by atomic mass is 32.2. The summed E-state index contributed by atoms with van der Waals surface area (Å²) in [5, 5.41) is 8.61. The summed E-state index contributed by atoms with van der Waals surface area (Å²) in [4.78, 5) is 16.5. The number of rotatable bonds is 6. The number of imidazole rings is 1. The molecule has 2 aromatic carbocycles. The third kappa shape index (κ3) is 5.95. The lowest BCUT2D eigenvalue weighted by Gasteiger charge is -2.19. The maximum atomic E-state index is 12.1. The van der Waals surface area contributed by atoms with Crippen molar-refractivity contribution in [3.05, 3.63) is 66.6 Å². The molecule has 166 valence electrons. The lowest BCUT2D eigenvalue weighted by molar-refractivity contribution is 0.0536. The van der Waals surface area contributed by atoms with Crippen molar-refractivity contribution in [3.63, 3.8) is 0 Å². The summed E-state index contributed by atoms with van der Waals surface area (Å²) < 4.78 is 36.1. The fourth-order valence-corrected chi connectivity index (χ4v) is 3.62. The molecule has 0 amide bonds. The van der Waals surface area contributed by atoms with Gasteiger partial charge < -0.3 is 9.47 Å². The van der Waals surface area contributed by atoms with Gasteiger partial charge in [0.2, 0.25) is 0 Å². The minimum atomic E-state index is -3.58. The van der Waals surface area contributed by atoms with Crippen LogP contribution >= 0.6 is 0 Å². The molecule has 0 unspecified atom stereocenters. The molecule has 3 aromatic rings. The van der Waals surface area contributed by atoms with E-state index < -0.39 is 27.3 Å². The summed E-state index contributed by atoms with van der Waals surface area (Å²) in [6, 6.07) is 15.1. The lowest BCUT2D eigenvalue weighted by atomic mass is 10.1. The number of nitrogens with zero attached hydrogens (tertiary/aromatic N) is 3. The first-order valence-electron chi connectivity index (χ1n) is 9.77. The molecular formula is C23H23N3O5S. The van der Waals surface area contributed by atoms with Crippen molar-refractivity contribution in [2.24, 2.45) is 0 Å². The topological polar surface area (TPSA) is 111 Å². The Morgan fingerprint density at radius 3 is 2.34 bits per heavy atom. The minimum Gasteiger partial charge on any atom is -0.489 e. The number of carbonyl (C=O) groups is 1. The number of aromatic nitrogens is 2. The molecule has 3 rings (SSSR count). The Hall–Kier alpha value is -3.64. The van der Waals surface area contributed by atoms with E-state index in [1.54, 1.807) is 57.3 Å². The van der Waals surface area contributed by atoms with Crippen LogP contribution in [0.25, 0.3) is 11.3 Å². The first kappa shape index (κ1) is 23.0. The maximum Gasteiger partial charge on any atom is 0.419 e. The van der Waals surface area contributed by atoms with Crippen LogP contribution in [0.1, 0.15) is 26.3 Å². The van der Waals surface area contributed by atoms with Gasteiger partial charge >= 0.3 is 6.09 Å². The minimum absolute atomic E-state index is 0.109. The highest BCUT2D eigenvalue weighted by Gasteiger charge is 2.18. The van der Waals surface area contributed by atoms with E-state index >= 15 is 0 Å². The quantitative estimate of drug-likeness (QED) is 0.549. The fourth-order valence-electron chi connectivity index (χ4n) is 2.74. The third-order valence-electron chi connectivity index (χ3n) is 4.28. The average molecular weight is 454 g/mol. The smallest absolute Gasteiger partial charge is 0.419 e. The van der Waals surface area contributed by atoms with Crippen molar-refractivity contribution in [1.82, 2.24) is 9.55 Å². The van der Waals surface area contributed by atoms with Gasteiger partial charge in [-0.25, -0.2) is 22.8 Å². The summed E-state index contributed by atoms with van der Waals surface area (Å²) in [5.41, 5.74) is 1.63. The lowest BCUT2D eigenvalue weighted by Crippen LogP contribution is -2.26. The van der Waals surface area contributed by atoms with E-state index in [9.17, 15) is 13.2 Å². The molecule has 0 bridgehead atoms. The van der Waals surface area contributed by atoms with Crippen LogP contribution in [-0.2, 0) is 21.2 Å². The van der Waals surface area contributed by atoms with Crippen molar-refractivity contribution >= 4 is 15.9 Å².